The van der Waals surface area contributed by atoms with Crippen molar-refractivity contribution in [1.29, 1.82) is 0 Å². The molecule has 0 saturated carbocycles. The number of aryl methyl sites for hydroxylation is 1. The van der Waals surface area contributed by atoms with Gasteiger partial charge < -0.3 is 5.11 Å². The van der Waals surface area contributed by atoms with Crippen LogP contribution in [0.15, 0.2) is 72.3 Å². The minimum atomic E-state index is -0.918. The van der Waals surface area contributed by atoms with Crippen molar-refractivity contribution in [2.45, 2.75) is 13.0 Å². The highest BCUT2D eigenvalue weighted by Crippen LogP contribution is 2.44. The smallest absolute Gasteiger partial charge is 0.301 e. The maximum Gasteiger partial charge on any atom is 0.301 e. The summed E-state index contributed by atoms with van der Waals surface area (Å²) in [6.45, 7) is 1.75. The molecule has 158 valence electrons. The van der Waals surface area contributed by atoms with Gasteiger partial charge in [0.2, 0.25) is 5.13 Å². The van der Waals surface area contributed by atoms with Gasteiger partial charge >= 0.3 is 5.91 Å². The Labute approximate surface area is 186 Å². The molecule has 3 aromatic carbocycles. The average Bonchev–Trinajstić information content (AvgIpc) is 3.34. The third-order valence-corrected chi connectivity index (χ3v) is 6.24. The van der Waals surface area contributed by atoms with Crippen LogP contribution in [0.5, 0.6) is 0 Å². The van der Waals surface area contributed by atoms with E-state index in [4.69, 9.17) is 0 Å². The van der Waals surface area contributed by atoms with Crippen LogP contribution in [0.2, 0.25) is 0 Å². The first-order chi connectivity index (χ1) is 15.5. The van der Waals surface area contributed by atoms with Crippen LogP contribution in [0.4, 0.5) is 9.52 Å². The van der Waals surface area contributed by atoms with Crippen molar-refractivity contribution in [1.82, 2.24) is 10.2 Å². The Morgan fingerprint density at radius 1 is 1.00 bits per heavy atom. The van der Waals surface area contributed by atoms with Crippen molar-refractivity contribution < 1.29 is 19.1 Å². The second-order valence-corrected chi connectivity index (χ2v) is 8.51. The van der Waals surface area contributed by atoms with E-state index < -0.39 is 23.5 Å². The van der Waals surface area contributed by atoms with Gasteiger partial charge in [-0.3, -0.25) is 14.5 Å². The van der Waals surface area contributed by atoms with E-state index >= 15 is 0 Å². The SMILES string of the molecule is Cc1nnc(N2C(=O)C(=O)/C(=C(/O)c3ccc(F)cc3)C2c2cccc3ccccc23)s1. The van der Waals surface area contributed by atoms with Gasteiger partial charge in [-0.2, -0.15) is 0 Å². The molecule has 0 spiro atoms. The van der Waals surface area contributed by atoms with Crippen molar-refractivity contribution in [2.24, 2.45) is 0 Å². The summed E-state index contributed by atoms with van der Waals surface area (Å²) in [4.78, 5) is 27.6. The van der Waals surface area contributed by atoms with E-state index in [1.165, 1.54) is 40.5 Å². The minimum Gasteiger partial charge on any atom is -0.507 e. The second kappa shape index (κ2) is 7.65. The number of amides is 1. The highest BCUT2D eigenvalue weighted by Gasteiger charge is 2.48. The number of nitrogens with zero attached hydrogens (tertiary/aromatic N) is 3. The van der Waals surface area contributed by atoms with Gasteiger partial charge in [0, 0.05) is 5.56 Å². The fourth-order valence-corrected chi connectivity index (χ4v) is 4.67. The van der Waals surface area contributed by atoms with E-state index in [0.717, 1.165) is 10.8 Å². The molecule has 1 N–H and O–H groups in total. The number of aliphatic hydroxyl groups excluding tert-OH is 1. The standard InChI is InChI=1S/C24H16FN3O3S/c1-13-26-27-24(32-13)28-20(18-8-4-6-14-5-2-3-7-17(14)18)19(22(30)23(28)31)21(29)15-9-11-16(25)12-10-15/h2-12,20,29H,1H3/b21-19+. The zero-order chi connectivity index (χ0) is 22.4. The summed E-state index contributed by atoms with van der Waals surface area (Å²) >= 11 is 1.18. The molecule has 32 heavy (non-hydrogen) atoms. The summed E-state index contributed by atoms with van der Waals surface area (Å²) in [6, 6.07) is 17.4. The van der Waals surface area contributed by atoms with Gasteiger partial charge in [0.15, 0.2) is 0 Å². The predicted molar refractivity (Wildman–Crippen MR) is 120 cm³/mol. The first-order valence-corrected chi connectivity index (χ1v) is 10.6. The molecule has 0 aliphatic carbocycles. The van der Waals surface area contributed by atoms with Crippen LogP contribution in [-0.2, 0) is 9.59 Å². The molecule has 1 fully saturated rings. The summed E-state index contributed by atoms with van der Waals surface area (Å²) < 4.78 is 13.4. The second-order valence-electron chi connectivity index (χ2n) is 7.35. The van der Waals surface area contributed by atoms with Crippen LogP contribution in [0, 0.1) is 12.7 Å². The van der Waals surface area contributed by atoms with Crippen molar-refractivity contribution >= 4 is 44.7 Å². The van der Waals surface area contributed by atoms with E-state index in [0.29, 0.717) is 10.6 Å². The van der Waals surface area contributed by atoms with Crippen LogP contribution < -0.4 is 4.90 Å². The van der Waals surface area contributed by atoms with Crippen LogP contribution in [0.1, 0.15) is 22.2 Å². The number of carbonyl (C=O) groups excluding carboxylic acids is 2. The Hall–Kier alpha value is -3.91. The molecule has 1 unspecified atom stereocenters. The Kier molecular flexibility index (Phi) is 4.79. The predicted octanol–water partition coefficient (Wildman–Crippen LogP) is 4.77. The van der Waals surface area contributed by atoms with Crippen molar-refractivity contribution in [3.05, 3.63) is 94.3 Å². The molecule has 4 aromatic rings. The van der Waals surface area contributed by atoms with E-state index in [1.54, 1.807) is 6.92 Å². The average molecular weight is 445 g/mol. The van der Waals surface area contributed by atoms with Gasteiger partial charge in [-0.15, -0.1) is 10.2 Å². The van der Waals surface area contributed by atoms with Crippen molar-refractivity contribution in [3.8, 4) is 0 Å². The molecule has 8 heteroatoms. The number of anilines is 1. The highest BCUT2D eigenvalue weighted by molar-refractivity contribution is 7.15. The van der Waals surface area contributed by atoms with E-state index in [9.17, 15) is 19.1 Å². The van der Waals surface area contributed by atoms with Crippen LogP contribution in [-0.4, -0.2) is 27.0 Å². The Morgan fingerprint density at radius 3 is 2.44 bits per heavy atom. The summed E-state index contributed by atoms with van der Waals surface area (Å²) in [5.41, 5.74) is 0.827. The maximum atomic E-state index is 13.4. The number of aliphatic hydroxyl groups is 1. The third-order valence-electron chi connectivity index (χ3n) is 5.40. The molecule has 0 radical (unpaired) electrons. The largest absolute Gasteiger partial charge is 0.507 e. The van der Waals surface area contributed by atoms with Crippen LogP contribution >= 0.6 is 11.3 Å². The zero-order valence-electron chi connectivity index (χ0n) is 16.8. The first kappa shape index (κ1) is 20.0. The maximum absolute atomic E-state index is 13.4. The van der Waals surface area contributed by atoms with Gasteiger partial charge in [-0.25, -0.2) is 4.39 Å². The van der Waals surface area contributed by atoms with Gasteiger partial charge in [0.1, 0.15) is 16.6 Å². The molecule has 1 aliphatic rings. The van der Waals surface area contributed by atoms with Crippen LogP contribution in [0.25, 0.3) is 16.5 Å². The monoisotopic (exact) mass is 445 g/mol. The number of Topliss-reactive ketones (excluding diaryl/α,β-unsaturated/α-hetero) is 1. The van der Waals surface area contributed by atoms with E-state index in [1.807, 2.05) is 42.5 Å². The molecule has 2 heterocycles. The summed E-state index contributed by atoms with van der Waals surface area (Å²) in [7, 11) is 0. The Morgan fingerprint density at radius 2 is 1.72 bits per heavy atom. The molecule has 5 rings (SSSR count). The Bertz CT molecular complexity index is 1410. The molecule has 1 saturated heterocycles. The molecule has 1 amide bonds. The van der Waals surface area contributed by atoms with Gasteiger partial charge in [0.25, 0.3) is 5.78 Å². The fourth-order valence-electron chi connectivity index (χ4n) is 3.96. The molecule has 0 bridgehead atoms. The van der Waals surface area contributed by atoms with Crippen LogP contribution in [0.3, 0.4) is 0 Å². The van der Waals surface area contributed by atoms with Crippen molar-refractivity contribution in [2.75, 3.05) is 4.90 Å². The molecule has 1 atom stereocenters. The van der Waals surface area contributed by atoms with Gasteiger partial charge in [-0.05, 0) is 47.5 Å². The van der Waals surface area contributed by atoms with Crippen molar-refractivity contribution in [3.63, 3.8) is 0 Å². The first-order valence-electron chi connectivity index (χ1n) is 9.80. The highest BCUT2D eigenvalue weighted by atomic mass is 32.1. The number of aromatic nitrogens is 2. The summed E-state index contributed by atoms with van der Waals surface area (Å²) in [5.74, 6) is -2.48. The number of halogens is 1. The topological polar surface area (TPSA) is 83.4 Å². The zero-order valence-corrected chi connectivity index (χ0v) is 17.6. The molecular weight excluding hydrogens is 429 g/mol. The summed E-state index contributed by atoms with van der Waals surface area (Å²) in [6.07, 6.45) is 0. The fraction of sp³-hybridized carbons (Fsp3) is 0.0833. The van der Waals surface area contributed by atoms with E-state index in [2.05, 4.69) is 10.2 Å². The number of fused-ring (bicyclic) bond motifs is 1. The summed E-state index contributed by atoms with van der Waals surface area (Å²) in [5, 5.41) is 21.8. The lowest BCUT2D eigenvalue weighted by Gasteiger charge is -2.24. The van der Waals surface area contributed by atoms with E-state index in [-0.39, 0.29) is 22.0 Å². The van der Waals surface area contributed by atoms with Gasteiger partial charge in [-0.1, -0.05) is 53.8 Å². The minimum absolute atomic E-state index is 0.0779. The number of benzene rings is 3. The third kappa shape index (κ3) is 3.16. The quantitative estimate of drug-likeness (QED) is 0.279. The number of rotatable bonds is 3. The number of ketones is 1. The Balaban J connectivity index is 1.80. The van der Waals surface area contributed by atoms with Gasteiger partial charge in [0.05, 0.1) is 11.6 Å². The molecule has 1 aliphatic heterocycles. The lowest BCUT2D eigenvalue weighted by atomic mass is 9.92. The lowest BCUT2D eigenvalue weighted by Crippen LogP contribution is -2.29. The number of hydrogen-bond donors (Lipinski definition) is 1. The lowest BCUT2D eigenvalue weighted by molar-refractivity contribution is -0.132. The number of carbonyl (C=O) groups is 2. The molecule has 1 aromatic heterocycles. The molecular formula is C24H16FN3O3S. The normalized spacial score (nSPS) is 17.9. The molecule has 6 nitrogen and oxygen atoms in total. The number of hydrogen-bond acceptors (Lipinski definition) is 6.